The third-order valence-electron chi connectivity index (χ3n) is 7.56. The Labute approximate surface area is 256 Å². The summed E-state index contributed by atoms with van der Waals surface area (Å²) in [5.74, 6) is -1.76. The van der Waals surface area contributed by atoms with Crippen LogP contribution < -0.4 is 21.5 Å². The van der Waals surface area contributed by atoms with E-state index in [2.05, 4.69) is 30.7 Å². The Morgan fingerprint density at radius 2 is 1.93 bits per heavy atom. The molecule has 2 aromatic heterocycles. The van der Waals surface area contributed by atoms with E-state index in [0.717, 1.165) is 0 Å². The molecule has 3 amide bonds. The van der Waals surface area contributed by atoms with Crippen molar-refractivity contribution in [1.29, 1.82) is 0 Å². The highest BCUT2D eigenvalue weighted by Gasteiger charge is 2.25. The number of nitrogens with zero attached hydrogens (tertiary/aromatic N) is 2. The molecule has 0 fully saturated rings. The number of carbonyl (C=O) groups is 3. The minimum Gasteiger partial charge on any atom is -0.453 e. The fourth-order valence-electron chi connectivity index (χ4n) is 5.16. The molecular formula is C31H30ClFN6O5. The molecule has 5 rings (SSSR count). The fourth-order valence-corrected chi connectivity index (χ4v) is 5.32. The van der Waals surface area contributed by atoms with E-state index < -0.39 is 29.4 Å². The van der Waals surface area contributed by atoms with Gasteiger partial charge in [0.05, 0.1) is 35.2 Å². The molecule has 4 aromatic rings. The lowest BCUT2D eigenvalue weighted by atomic mass is 9.95. The molecule has 0 radical (unpaired) electrons. The van der Waals surface area contributed by atoms with Gasteiger partial charge in [-0.1, -0.05) is 37.1 Å². The van der Waals surface area contributed by atoms with E-state index in [1.54, 1.807) is 44.2 Å². The maximum atomic E-state index is 14.7. The average molecular weight is 621 g/mol. The normalized spacial score (nSPS) is 16.5. The summed E-state index contributed by atoms with van der Waals surface area (Å²) >= 11 is 5.96. The van der Waals surface area contributed by atoms with Crippen LogP contribution in [-0.2, 0) is 9.53 Å². The first-order valence-corrected chi connectivity index (χ1v) is 14.3. The van der Waals surface area contributed by atoms with E-state index in [0.29, 0.717) is 53.2 Å². The Morgan fingerprint density at radius 1 is 1.14 bits per heavy atom. The summed E-state index contributed by atoms with van der Waals surface area (Å²) in [6.07, 6.45) is 2.14. The van der Waals surface area contributed by atoms with Gasteiger partial charge in [-0.25, -0.2) is 14.2 Å². The molecule has 11 nitrogen and oxygen atoms in total. The van der Waals surface area contributed by atoms with E-state index >= 15 is 0 Å². The van der Waals surface area contributed by atoms with Crippen molar-refractivity contribution >= 4 is 40.9 Å². The van der Waals surface area contributed by atoms with Crippen LogP contribution in [0.1, 0.15) is 54.1 Å². The zero-order chi connectivity index (χ0) is 31.5. The van der Waals surface area contributed by atoms with Crippen molar-refractivity contribution in [3.8, 4) is 16.8 Å². The number of H-pyrrole nitrogens is 1. The minimum absolute atomic E-state index is 0.0564. The Balaban J connectivity index is 1.52. The number of nitrogens with one attached hydrogen (secondary N) is 4. The molecule has 0 saturated carbocycles. The maximum Gasteiger partial charge on any atom is 0.411 e. The molecular weight excluding hydrogens is 591 g/mol. The summed E-state index contributed by atoms with van der Waals surface area (Å²) in [6.45, 7) is 3.45. The van der Waals surface area contributed by atoms with Gasteiger partial charge in [0.25, 0.3) is 5.91 Å². The summed E-state index contributed by atoms with van der Waals surface area (Å²) < 4.78 is 20.8. The second-order valence-corrected chi connectivity index (χ2v) is 10.9. The number of fused-ring (bicyclic) bond motifs is 4. The van der Waals surface area contributed by atoms with Crippen molar-refractivity contribution in [3.05, 3.63) is 93.1 Å². The average Bonchev–Trinajstić information content (AvgIpc) is 3.38. The Bertz CT molecular complexity index is 1820. The lowest BCUT2D eigenvalue weighted by Gasteiger charge is -2.22. The van der Waals surface area contributed by atoms with Crippen molar-refractivity contribution in [2.24, 2.45) is 5.92 Å². The number of hydrogen-bond donors (Lipinski definition) is 4. The number of hydrogen-bond acceptors (Lipinski definition) is 6. The molecule has 44 heavy (non-hydrogen) atoms. The number of aromatic nitrogens is 3. The summed E-state index contributed by atoms with van der Waals surface area (Å²) in [6, 6.07) is 11.9. The topological polar surface area (TPSA) is 147 Å². The Kier molecular flexibility index (Phi) is 8.81. The predicted molar refractivity (Wildman–Crippen MR) is 164 cm³/mol. The number of amides is 3. The molecule has 228 valence electrons. The Hall–Kier alpha value is -4.97. The molecule has 2 bridgehead atoms. The first-order valence-electron chi connectivity index (χ1n) is 13.9. The molecule has 0 unspecified atom stereocenters. The highest BCUT2D eigenvalue weighted by molar-refractivity contribution is 6.30. The van der Waals surface area contributed by atoms with E-state index in [-0.39, 0.29) is 28.2 Å². The van der Waals surface area contributed by atoms with Gasteiger partial charge in [-0.3, -0.25) is 24.3 Å². The lowest BCUT2D eigenvalue weighted by molar-refractivity contribution is -0.119. The standard InChI is InChI=1S/C31H30ClFN6O5/c1-16-6-4-8-22(37-30(42)28-17(2)39(15-34-28)25-9-5-7-21(32)27(25)33)24-12-18(13-26(40)36-24)20-11-10-19(35-31(43)44-3)14-23(20)38-29(16)41/h5,7,9-16,22H,4,6,8H2,1-3H3,(H,35,43)(H,36,40)(H,37,42)(H,38,41)/t16-,22-/m0/s1. The zero-order valence-corrected chi connectivity index (χ0v) is 24.9. The smallest absolute Gasteiger partial charge is 0.411 e. The second-order valence-electron chi connectivity index (χ2n) is 10.5. The van der Waals surface area contributed by atoms with Gasteiger partial charge in [-0.2, -0.15) is 0 Å². The maximum absolute atomic E-state index is 14.7. The van der Waals surface area contributed by atoms with Crippen molar-refractivity contribution in [1.82, 2.24) is 19.9 Å². The third kappa shape index (κ3) is 6.35. The van der Waals surface area contributed by atoms with E-state index in [1.807, 2.05) is 0 Å². The number of ether oxygens (including phenoxy) is 1. The molecule has 1 aliphatic heterocycles. The predicted octanol–water partition coefficient (Wildman–Crippen LogP) is 5.74. The van der Waals surface area contributed by atoms with Crippen molar-refractivity contribution in [2.45, 2.75) is 39.2 Å². The molecule has 2 atom stereocenters. The van der Waals surface area contributed by atoms with E-state index in [9.17, 15) is 23.6 Å². The molecule has 0 spiro atoms. The van der Waals surface area contributed by atoms with Crippen LogP contribution in [0.25, 0.3) is 16.8 Å². The van der Waals surface area contributed by atoms with Crippen LogP contribution in [0.15, 0.2) is 59.7 Å². The van der Waals surface area contributed by atoms with Crippen LogP contribution in [0.5, 0.6) is 0 Å². The van der Waals surface area contributed by atoms with Gasteiger partial charge in [0.15, 0.2) is 5.82 Å². The molecule has 4 N–H and O–H groups in total. The van der Waals surface area contributed by atoms with Crippen LogP contribution in [-0.4, -0.2) is 39.6 Å². The first kappa shape index (κ1) is 30.5. The number of carbonyl (C=O) groups excluding carboxylic acids is 3. The third-order valence-corrected chi connectivity index (χ3v) is 7.85. The van der Waals surface area contributed by atoms with Crippen LogP contribution in [0, 0.1) is 18.7 Å². The van der Waals surface area contributed by atoms with Gasteiger partial charge >= 0.3 is 6.09 Å². The van der Waals surface area contributed by atoms with Crippen LogP contribution in [0.2, 0.25) is 5.02 Å². The number of methoxy groups -OCH3 is 1. The SMILES string of the molecule is COC(=O)Nc1ccc2c(c1)NC(=O)[C@@H](C)CCC[C@H](NC(=O)c1ncn(-c3cccc(Cl)c3F)c1C)c1cc-2cc(=O)[nH]1. The highest BCUT2D eigenvalue weighted by Crippen LogP contribution is 2.33. The number of halogens is 2. The van der Waals surface area contributed by atoms with Crippen LogP contribution in [0.3, 0.4) is 0 Å². The largest absolute Gasteiger partial charge is 0.453 e. The molecule has 2 aromatic carbocycles. The number of aromatic amines is 1. The summed E-state index contributed by atoms with van der Waals surface area (Å²) in [5, 5.41) is 8.42. The summed E-state index contributed by atoms with van der Waals surface area (Å²) in [7, 11) is 1.24. The van der Waals surface area contributed by atoms with Gasteiger partial charge in [0, 0.05) is 28.9 Å². The number of benzene rings is 2. The minimum atomic E-state index is -0.674. The van der Waals surface area contributed by atoms with Crippen LogP contribution in [0.4, 0.5) is 20.6 Å². The number of anilines is 2. The van der Waals surface area contributed by atoms with Gasteiger partial charge in [-0.05, 0) is 55.7 Å². The molecule has 0 aliphatic carbocycles. The Morgan fingerprint density at radius 3 is 2.70 bits per heavy atom. The highest BCUT2D eigenvalue weighted by atomic mass is 35.5. The van der Waals surface area contributed by atoms with Crippen molar-refractivity contribution < 1.29 is 23.5 Å². The van der Waals surface area contributed by atoms with Gasteiger partial charge < -0.3 is 20.4 Å². The molecule has 13 heteroatoms. The number of imidazole rings is 1. The number of pyridine rings is 1. The summed E-state index contributed by atoms with van der Waals surface area (Å²) in [4.78, 5) is 58.4. The van der Waals surface area contributed by atoms with Crippen LogP contribution >= 0.6 is 11.6 Å². The fraction of sp³-hybridized carbons (Fsp3) is 0.258. The van der Waals surface area contributed by atoms with Crippen molar-refractivity contribution in [2.75, 3.05) is 17.7 Å². The van der Waals surface area contributed by atoms with Crippen molar-refractivity contribution in [3.63, 3.8) is 0 Å². The van der Waals surface area contributed by atoms with Gasteiger partial charge in [0.1, 0.15) is 12.0 Å². The van der Waals surface area contributed by atoms with Gasteiger partial charge in [-0.15, -0.1) is 0 Å². The monoisotopic (exact) mass is 620 g/mol. The van der Waals surface area contributed by atoms with E-state index in [4.69, 9.17) is 11.6 Å². The van der Waals surface area contributed by atoms with E-state index in [1.165, 1.54) is 36.2 Å². The quantitative estimate of drug-likeness (QED) is 0.229. The number of rotatable bonds is 4. The molecule has 1 aliphatic rings. The molecule has 3 heterocycles. The molecule has 0 saturated heterocycles. The van der Waals surface area contributed by atoms with Gasteiger partial charge in [0.2, 0.25) is 11.5 Å². The summed E-state index contributed by atoms with van der Waals surface area (Å²) in [5.41, 5.74) is 2.49. The second kappa shape index (κ2) is 12.7. The first-order chi connectivity index (χ1) is 21.0. The zero-order valence-electron chi connectivity index (χ0n) is 24.2. The lowest BCUT2D eigenvalue weighted by Crippen LogP contribution is -2.31.